The molecule has 0 spiro atoms. The standard InChI is InChI=1S/C22H25NO5/c1-3-22(21(25)26)12-15-9-10-18(22)23(15)20(24)19-14(2)11-17(28-19)13-27-16-7-5-4-6-8-16/h4-8,11,15,18H,3,9-10,12-13H2,1-2H3,(H,25,26)/t15-,18+,22+/m0/s1. The summed E-state index contributed by atoms with van der Waals surface area (Å²) in [5, 5.41) is 9.81. The van der Waals surface area contributed by atoms with Crippen LogP contribution in [-0.2, 0) is 11.4 Å². The van der Waals surface area contributed by atoms with Gasteiger partial charge in [-0.1, -0.05) is 25.1 Å². The molecule has 148 valence electrons. The summed E-state index contributed by atoms with van der Waals surface area (Å²) in [6.07, 6.45) is 2.65. The fourth-order valence-corrected chi connectivity index (χ4v) is 4.87. The number of carboxylic acid groups (broad SMARTS) is 1. The Morgan fingerprint density at radius 3 is 2.68 bits per heavy atom. The average molecular weight is 383 g/mol. The first-order chi connectivity index (χ1) is 13.5. The molecule has 0 unspecified atom stereocenters. The molecule has 1 N–H and O–H groups in total. The van der Waals surface area contributed by atoms with Gasteiger partial charge < -0.3 is 19.2 Å². The number of hydrogen-bond donors (Lipinski definition) is 1. The zero-order valence-electron chi connectivity index (χ0n) is 16.2. The van der Waals surface area contributed by atoms with Gasteiger partial charge in [0.15, 0.2) is 5.76 Å². The van der Waals surface area contributed by atoms with E-state index < -0.39 is 11.4 Å². The van der Waals surface area contributed by atoms with Crippen LogP contribution >= 0.6 is 0 Å². The molecule has 0 radical (unpaired) electrons. The molecule has 3 heterocycles. The van der Waals surface area contributed by atoms with Gasteiger partial charge in [-0.25, -0.2) is 0 Å². The van der Waals surface area contributed by atoms with Gasteiger partial charge in [0.05, 0.1) is 5.41 Å². The highest BCUT2D eigenvalue weighted by molar-refractivity contribution is 5.95. The smallest absolute Gasteiger partial charge is 0.311 e. The van der Waals surface area contributed by atoms with Crippen LogP contribution < -0.4 is 4.74 Å². The summed E-state index contributed by atoms with van der Waals surface area (Å²) in [5.41, 5.74) is -0.0846. The predicted octanol–water partition coefficient (Wildman–Crippen LogP) is 4.02. The van der Waals surface area contributed by atoms with Gasteiger partial charge in [-0.05, 0) is 50.8 Å². The first-order valence-corrected chi connectivity index (χ1v) is 9.79. The number of carbonyl (C=O) groups is 2. The molecule has 2 aromatic rings. The Bertz CT molecular complexity index is 890. The maximum absolute atomic E-state index is 13.2. The van der Waals surface area contributed by atoms with Crippen LogP contribution in [0.25, 0.3) is 0 Å². The number of amides is 1. The number of aliphatic carboxylic acids is 1. The number of aryl methyl sites for hydroxylation is 1. The molecular formula is C22H25NO5. The summed E-state index contributed by atoms with van der Waals surface area (Å²) < 4.78 is 11.5. The number of furan rings is 1. The molecule has 0 aliphatic carbocycles. The highest BCUT2D eigenvalue weighted by atomic mass is 16.5. The van der Waals surface area contributed by atoms with E-state index in [0.29, 0.717) is 24.4 Å². The number of ether oxygens (including phenoxy) is 1. The highest BCUT2D eigenvalue weighted by Crippen LogP contribution is 2.52. The molecule has 2 fully saturated rings. The third-order valence-electron chi connectivity index (χ3n) is 6.32. The molecular weight excluding hydrogens is 358 g/mol. The normalized spacial score (nSPS) is 25.9. The molecule has 1 amide bonds. The monoisotopic (exact) mass is 383 g/mol. The summed E-state index contributed by atoms with van der Waals surface area (Å²) in [7, 11) is 0. The first-order valence-electron chi connectivity index (χ1n) is 9.79. The molecule has 0 saturated carbocycles. The van der Waals surface area contributed by atoms with Crippen LogP contribution in [0.15, 0.2) is 40.8 Å². The Morgan fingerprint density at radius 2 is 2.04 bits per heavy atom. The molecule has 2 aliphatic heterocycles. The highest BCUT2D eigenvalue weighted by Gasteiger charge is 2.61. The lowest BCUT2D eigenvalue weighted by Gasteiger charge is -2.32. The van der Waals surface area contributed by atoms with Crippen LogP contribution in [0, 0.1) is 12.3 Å². The molecule has 2 aliphatic rings. The van der Waals surface area contributed by atoms with Crippen molar-refractivity contribution in [3.63, 3.8) is 0 Å². The van der Waals surface area contributed by atoms with E-state index in [9.17, 15) is 14.7 Å². The number of nitrogens with zero attached hydrogens (tertiary/aromatic N) is 1. The van der Waals surface area contributed by atoms with E-state index in [-0.39, 0.29) is 24.6 Å². The molecule has 4 rings (SSSR count). The summed E-state index contributed by atoms with van der Waals surface area (Å²) in [5.74, 6) is 0.606. The number of carboxylic acids is 1. The van der Waals surface area contributed by atoms with Crippen molar-refractivity contribution in [2.75, 3.05) is 0 Å². The van der Waals surface area contributed by atoms with Crippen molar-refractivity contribution in [1.82, 2.24) is 4.90 Å². The van der Waals surface area contributed by atoms with Crippen molar-refractivity contribution in [2.45, 2.75) is 58.2 Å². The maximum atomic E-state index is 13.2. The molecule has 2 bridgehead atoms. The molecule has 6 heteroatoms. The van der Waals surface area contributed by atoms with Crippen molar-refractivity contribution >= 4 is 11.9 Å². The number of para-hydroxylation sites is 1. The van der Waals surface area contributed by atoms with Crippen LogP contribution in [-0.4, -0.2) is 34.0 Å². The SMILES string of the molecule is CC[C@@]1(C(=O)O)C[C@@H]2CC[C@H]1N2C(=O)c1oc(COc2ccccc2)cc1C. The van der Waals surface area contributed by atoms with E-state index in [1.54, 1.807) is 4.90 Å². The van der Waals surface area contributed by atoms with Gasteiger partial charge in [0.1, 0.15) is 18.1 Å². The number of rotatable bonds is 6. The summed E-state index contributed by atoms with van der Waals surface area (Å²) >= 11 is 0. The second-order valence-electron chi connectivity index (χ2n) is 7.80. The van der Waals surface area contributed by atoms with E-state index in [0.717, 1.165) is 24.2 Å². The zero-order chi connectivity index (χ0) is 19.9. The van der Waals surface area contributed by atoms with E-state index in [1.807, 2.05) is 50.2 Å². The van der Waals surface area contributed by atoms with Crippen LogP contribution in [0.4, 0.5) is 0 Å². The molecule has 2 saturated heterocycles. The van der Waals surface area contributed by atoms with Gasteiger partial charge in [-0.3, -0.25) is 9.59 Å². The lowest BCUT2D eigenvalue weighted by Crippen LogP contribution is -2.44. The van der Waals surface area contributed by atoms with Crippen LogP contribution in [0.3, 0.4) is 0 Å². The molecule has 3 atom stereocenters. The second kappa shape index (κ2) is 7.00. The molecule has 1 aromatic carbocycles. The van der Waals surface area contributed by atoms with E-state index in [4.69, 9.17) is 9.15 Å². The van der Waals surface area contributed by atoms with Gasteiger partial charge in [0.25, 0.3) is 5.91 Å². The number of hydrogen-bond acceptors (Lipinski definition) is 4. The lowest BCUT2D eigenvalue weighted by atomic mass is 9.72. The van der Waals surface area contributed by atoms with Crippen molar-refractivity contribution in [1.29, 1.82) is 0 Å². The van der Waals surface area contributed by atoms with Gasteiger partial charge in [0, 0.05) is 17.6 Å². The minimum absolute atomic E-state index is 0.0259. The van der Waals surface area contributed by atoms with Gasteiger partial charge >= 0.3 is 5.97 Å². The van der Waals surface area contributed by atoms with Crippen molar-refractivity contribution in [2.24, 2.45) is 5.41 Å². The van der Waals surface area contributed by atoms with Crippen molar-refractivity contribution < 1.29 is 23.8 Å². The van der Waals surface area contributed by atoms with E-state index in [1.165, 1.54) is 0 Å². The van der Waals surface area contributed by atoms with Gasteiger partial charge in [-0.15, -0.1) is 0 Å². The fourth-order valence-electron chi connectivity index (χ4n) is 4.87. The Kier molecular flexibility index (Phi) is 4.65. The van der Waals surface area contributed by atoms with Crippen LogP contribution in [0.5, 0.6) is 5.75 Å². The summed E-state index contributed by atoms with van der Waals surface area (Å²) in [6.45, 7) is 3.97. The van der Waals surface area contributed by atoms with Crippen LogP contribution in [0.2, 0.25) is 0 Å². The molecule has 6 nitrogen and oxygen atoms in total. The Morgan fingerprint density at radius 1 is 1.29 bits per heavy atom. The lowest BCUT2D eigenvalue weighted by molar-refractivity contribution is -0.151. The summed E-state index contributed by atoms with van der Waals surface area (Å²) in [6, 6.07) is 11.0. The fraction of sp³-hybridized carbons (Fsp3) is 0.455. The Balaban J connectivity index is 1.53. The Hall–Kier alpha value is -2.76. The number of benzene rings is 1. The molecule has 1 aromatic heterocycles. The van der Waals surface area contributed by atoms with Gasteiger partial charge in [0.2, 0.25) is 0 Å². The Labute approximate surface area is 164 Å². The predicted molar refractivity (Wildman–Crippen MR) is 102 cm³/mol. The van der Waals surface area contributed by atoms with Crippen molar-refractivity contribution in [3.05, 3.63) is 53.5 Å². The minimum atomic E-state index is -0.835. The quantitative estimate of drug-likeness (QED) is 0.815. The maximum Gasteiger partial charge on any atom is 0.311 e. The largest absolute Gasteiger partial charge is 0.486 e. The number of fused-ring (bicyclic) bond motifs is 2. The van der Waals surface area contributed by atoms with Crippen LogP contribution in [0.1, 0.15) is 54.5 Å². The summed E-state index contributed by atoms with van der Waals surface area (Å²) in [4.78, 5) is 27.0. The third kappa shape index (κ3) is 2.87. The van der Waals surface area contributed by atoms with Gasteiger partial charge in [-0.2, -0.15) is 0 Å². The third-order valence-corrected chi connectivity index (χ3v) is 6.32. The average Bonchev–Trinajstić information content (AvgIpc) is 3.38. The van der Waals surface area contributed by atoms with E-state index >= 15 is 0 Å². The van der Waals surface area contributed by atoms with Crippen molar-refractivity contribution in [3.8, 4) is 5.75 Å². The zero-order valence-corrected chi connectivity index (χ0v) is 16.2. The molecule has 28 heavy (non-hydrogen) atoms. The van der Waals surface area contributed by atoms with E-state index in [2.05, 4.69) is 0 Å². The first kappa shape index (κ1) is 18.6. The minimum Gasteiger partial charge on any atom is -0.486 e. The number of carbonyl (C=O) groups excluding carboxylic acids is 1. The second-order valence-corrected chi connectivity index (χ2v) is 7.80. The topological polar surface area (TPSA) is 80.0 Å².